The third-order valence-corrected chi connectivity index (χ3v) is 5.52. The standard InChI is InChI=1S/C24H20ClN3O4/c1-14-11-16(15(2)27(14)18-9-7-17(25)8-10-18)12-21-22(29)26-24(31)28(23(21)30)19-5-4-6-20(13-19)32-3/h4-13H,1-3H3,(H,26,29,31). The molecule has 2 heterocycles. The minimum absolute atomic E-state index is 0.135. The summed E-state index contributed by atoms with van der Waals surface area (Å²) < 4.78 is 7.18. The van der Waals surface area contributed by atoms with Gasteiger partial charge in [0.2, 0.25) is 0 Å². The molecule has 1 aliphatic rings. The maximum Gasteiger partial charge on any atom is 0.335 e. The quantitative estimate of drug-likeness (QED) is 0.472. The van der Waals surface area contributed by atoms with Crippen LogP contribution in [0.2, 0.25) is 5.02 Å². The summed E-state index contributed by atoms with van der Waals surface area (Å²) in [6.45, 7) is 3.82. The van der Waals surface area contributed by atoms with Crippen molar-refractivity contribution in [2.75, 3.05) is 12.0 Å². The summed E-state index contributed by atoms with van der Waals surface area (Å²) in [6, 6.07) is 14.9. The first-order valence-corrected chi connectivity index (χ1v) is 10.2. The van der Waals surface area contributed by atoms with Gasteiger partial charge in [-0.25, -0.2) is 9.69 Å². The molecular formula is C24H20ClN3O4. The van der Waals surface area contributed by atoms with Crippen molar-refractivity contribution in [3.63, 3.8) is 0 Å². The molecule has 0 aliphatic carbocycles. The Bertz CT molecular complexity index is 1270. The highest BCUT2D eigenvalue weighted by Crippen LogP contribution is 2.28. The number of aryl methyl sites for hydroxylation is 1. The summed E-state index contributed by atoms with van der Waals surface area (Å²) in [5, 5.41) is 2.87. The molecule has 1 aliphatic heterocycles. The van der Waals surface area contributed by atoms with Crippen molar-refractivity contribution in [1.29, 1.82) is 0 Å². The zero-order valence-electron chi connectivity index (χ0n) is 17.7. The fourth-order valence-corrected chi connectivity index (χ4v) is 3.84. The van der Waals surface area contributed by atoms with E-state index < -0.39 is 17.8 Å². The Kier molecular flexibility index (Phi) is 5.59. The van der Waals surface area contributed by atoms with Crippen LogP contribution in [0.3, 0.4) is 0 Å². The largest absolute Gasteiger partial charge is 0.497 e. The molecule has 0 atom stereocenters. The number of carbonyl (C=O) groups excluding carboxylic acids is 3. The number of barbiturate groups is 1. The minimum Gasteiger partial charge on any atom is -0.497 e. The number of urea groups is 1. The topological polar surface area (TPSA) is 80.6 Å². The van der Waals surface area contributed by atoms with Gasteiger partial charge in [0.1, 0.15) is 11.3 Å². The van der Waals surface area contributed by atoms with E-state index in [0.717, 1.165) is 22.0 Å². The lowest BCUT2D eigenvalue weighted by Gasteiger charge is -2.26. The van der Waals surface area contributed by atoms with E-state index >= 15 is 0 Å². The number of rotatable bonds is 4. The summed E-state index contributed by atoms with van der Waals surface area (Å²) in [6.07, 6.45) is 1.51. The van der Waals surface area contributed by atoms with Crippen molar-refractivity contribution in [3.8, 4) is 11.4 Å². The molecule has 1 saturated heterocycles. The van der Waals surface area contributed by atoms with Crippen molar-refractivity contribution >= 4 is 41.2 Å². The molecule has 1 aromatic heterocycles. The van der Waals surface area contributed by atoms with Crippen molar-refractivity contribution in [1.82, 2.24) is 9.88 Å². The first-order chi connectivity index (χ1) is 15.3. The minimum atomic E-state index is -0.808. The van der Waals surface area contributed by atoms with E-state index in [1.807, 2.05) is 36.6 Å². The molecule has 32 heavy (non-hydrogen) atoms. The van der Waals surface area contributed by atoms with Crippen LogP contribution in [0.5, 0.6) is 5.75 Å². The highest BCUT2D eigenvalue weighted by atomic mass is 35.5. The maximum absolute atomic E-state index is 13.2. The zero-order chi connectivity index (χ0) is 23.0. The Hall–Kier alpha value is -3.84. The highest BCUT2D eigenvalue weighted by molar-refractivity contribution is 6.39. The zero-order valence-corrected chi connectivity index (χ0v) is 18.4. The number of amides is 4. The third kappa shape index (κ3) is 3.78. The molecule has 0 saturated carbocycles. The molecule has 1 N–H and O–H groups in total. The Morgan fingerprint density at radius 2 is 1.69 bits per heavy atom. The smallest absolute Gasteiger partial charge is 0.335 e. The van der Waals surface area contributed by atoms with E-state index in [-0.39, 0.29) is 5.57 Å². The molecule has 7 nitrogen and oxygen atoms in total. The Morgan fingerprint density at radius 3 is 2.38 bits per heavy atom. The third-order valence-electron chi connectivity index (χ3n) is 5.27. The summed E-state index contributed by atoms with van der Waals surface area (Å²) in [5.74, 6) is -0.962. The highest BCUT2D eigenvalue weighted by Gasteiger charge is 2.37. The van der Waals surface area contributed by atoms with E-state index in [9.17, 15) is 14.4 Å². The molecule has 4 rings (SSSR count). The van der Waals surface area contributed by atoms with Crippen molar-refractivity contribution in [2.45, 2.75) is 13.8 Å². The number of hydrogen-bond donors (Lipinski definition) is 1. The second-order valence-corrected chi connectivity index (χ2v) is 7.73. The second kappa shape index (κ2) is 8.36. The van der Waals surface area contributed by atoms with Gasteiger partial charge in [0, 0.05) is 28.2 Å². The molecule has 0 radical (unpaired) electrons. The van der Waals surface area contributed by atoms with Gasteiger partial charge in [0.25, 0.3) is 11.8 Å². The van der Waals surface area contributed by atoms with E-state index in [1.165, 1.54) is 13.2 Å². The van der Waals surface area contributed by atoms with Crippen LogP contribution < -0.4 is 15.0 Å². The van der Waals surface area contributed by atoms with Crippen LogP contribution in [-0.2, 0) is 9.59 Å². The number of halogens is 1. The van der Waals surface area contributed by atoms with Crippen molar-refractivity contribution < 1.29 is 19.1 Å². The van der Waals surface area contributed by atoms with Crippen LogP contribution >= 0.6 is 11.6 Å². The first kappa shape index (κ1) is 21.4. The monoisotopic (exact) mass is 449 g/mol. The Balaban J connectivity index is 1.75. The average molecular weight is 450 g/mol. The van der Waals surface area contributed by atoms with Gasteiger partial charge < -0.3 is 9.30 Å². The Morgan fingerprint density at radius 1 is 0.969 bits per heavy atom. The van der Waals surface area contributed by atoms with E-state index in [0.29, 0.717) is 22.0 Å². The van der Waals surface area contributed by atoms with Gasteiger partial charge in [-0.2, -0.15) is 0 Å². The van der Waals surface area contributed by atoms with Crippen LogP contribution in [0.15, 0.2) is 60.2 Å². The molecular weight excluding hydrogens is 430 g/mol. The number of ether oxygens (including phenoxy) is 1. The lowest BCUT2D eigenvalue weighted by molar-refractivity contribution is -0.122. The summed E-state index contributed by atoms with van der Waals surface area (Å²) in [7, 11) is 1.49. The molecule has 4 amide bonds. The number of aromatic nitrogens is 1. The molecule has 162 valence electrons. The lowest BCUT2D eigenvalue weighted by Crippen LogP contribution is -2.54. The lowest BCUT2D eigenvalue weighted by atomic mass is 10.1. The van der Waals surface area contributed by atoms with Crippen molar-refractivity contribution in [3.05, 3.63) is 82.1 Å². The van der Waals surface area contributed by atoms with E-state index in [4.69, 9.17) is 16.3 Å². The van der Waals surface area contributed by atoms with Crippen LogP contribution in [0, 0.1) is 13.8 Å². The second-order valence-electron chi connectivity index (χ2n) is 7.30. The Labute approximate surface area is 189 Å². The SMILES string of the molecule is COc1cccc(N2C(=O)NC(=O)C(=Cc3cc(C)n(-c4ccc(Cl)cc4)c3C)C2=O)c1. The summed E-state index contributed by atoms with van der Waals surface area (Å²) in [5.41, 5.74) is 3.52. The number of benzene rings is 2. The van der Waals surface area contributed by atoms with Gasteiger partial charge in [-0.05, 0) is 68.0 Å². The number of methoxy groups -OCH3 is 1. The van der Waals surface area contributed by atoms with Crippen LogP contribution in [0.4, 0.5) is 10.5 Å². The fraction of sp³-hybridized carbons (Fsp3) is 0.125. The molecule has 1 fully saturated rings. The van der Waals surface area contributed by atoms with Crippen LogP contribution in [-0.4, -0.2) is 29.5 Å². The molecule has 3 aromatic rings. The van der Waals surface area contributed by atoms with Gasteiger partial charge in [-0.15, -0.1) is 0 Å². The molecule has 0 bridgehead atoms. The molecule has 8 heteroatoms. The number of anilines is 1. The van der Waals surface area contributed by atoms with Gasteiger partial charge >= 0.3 is 6.03 Å². The number of nitrogens with zero attached hydrogens (tertiary/aromatic N) is 2. The number of imide groups is 2. The molecule has 0 unspecified atom stereocenters. The first-order valence-electron chi connectivity index (χ1n) is 9.80. The van der Waals surface area contributed by atoms with E-state index in [2.05, 4.69) is 5.32 Å². The summed E-state index contributed by atoms with van der Waals surface area (Å²) in [4.78, 5) is 39.1. The van der Waals surface area contributed by atoms with Crippen LogP contribution in [0.25, 0.3) is 11.8 Å². The average Bonchev–Trinajstić information content (AvgIpc) is 3.04. The van der Waals surface area contributed by atoms with Crippen LogP contribution in [0.1, 0.15) is 17.0 Å². The van der Waals surface area contributed by atoms with E-state index in [1.54, 1.807) is 36.4 Å². The van der Waals surface area contributed by atoms with Gasteiger partial charge in [0.15, 0.2) is 0 Å². The predicted octanol–water partition coefficient (Wildman–Crippen LogP) is 4.42. The maximum atomic E-state index is 13.2. The molecule has 0 spiro atoms. The van der Waals surface area contributed by atoms with Gasteiger partial charge in [-0.1, -0.05) is 17.7 Å². The predicted molar refractivity (Wildman–Crippen MR) is 122 cm³/mol. The number of nitrogens with one attached hydrogen (secondary N) is 1. The fourth-order valence-electron chi connectivity index (χ4n) is 3.72. The van der Waals surface area contributed by atoms with Crippen molar-refractivity contribution in [2.24, 2.45) is 0 Å². The summed E-state index contributed by atoms with van der Waals surface area (Å²) >= 11 is 6.00. The number of carbonyl (C=O) groups is 3. The van der Waals surface area contributed by atoms with Gasteiger partial charge in [0.05, 0.1) is 12.8 Å². The number of hydrogen-bond acceptors (Lipinski definition) is 4. The molecule has 2 aromatic carbocycles. The normalized spacial score (nSPS) is 15.3. The van der Waals surface area contributed by atoms with Gasteiger partial charge in [-0.3, -0.25) is 14.9 Å².